The number of alkyl halides is 3. The Labute approximate surface area is 64.5 Å². The molecular formula is C5H4F4N2O. The third-order valence-electron chi connectivity index (χ3n) is 0.932. The third kappa shape index (κ3) is 2.77. The first-order valence-corrected chi connectivity index (χ1v) is 2.88. The molecule has 0 aliphatic rings. The fraction of sp³-hybridized carbons (Fsp3) is 0.400. The van der Waals surface area contributed by atoms with Crippen LogP contribution in [-0.2, 0) is 0 Å². The molecule has 0 unspecified atom stereocenters. The molecule has 0 saturated heterocycles. The first kappa shape index (κ1) is 8.82. The number of halogens is 4. The van der Waals surface area contributed by atoms with Gasteiger partial charge in [-0.25, -0.2) is 0 Å². The number of aromatic nitrogens is 2. The van der Waals surface area contributed by atoms with E-state index in [1.807, 2.05) is 0 Å². The molecule has 68 valence electrons. The number of nitrogens with zero attached hydrogens (tertiary/aromatic N) is 2. The average molecular weight is 184 g/mol. The van der Waals surface area contributed by atoms with Crippen molar-refractivity contribution in [3.8, 4) is 5.75 Å². The van der Waals surface area contributed by atoms with Gasteiger partial charge in [0.2, 0.25) is 0 Å². The fourth-order valence-electron chi connectivity index (χ4n) is 0.523. The van der Waals surface area contributed by atoms with Gasteiger partial charge in [0, 0.05) is 0 Å². The van der Waals surface area contributed by atoms with E-state index in [1.54, 1.807) is 0 Å². The predicted molar refractivity (Wildman–Crippen MR) is 30.3 cm³/mol. The van der Waals surface area contributed by atoms with Gasteiger partial charge in [-0.2, -0.15) is 13.2 Å². The normalized spacial score (nSPS) is 11.7. The summed E-state index contributed by atoms with van der Waals surface area (Å²) in [5.41, 5.74) is 0. The van der Waals surface area contributed by atoms with Crippen LogP contribution < -0.4 is 4.74 Å². The van der Waals surface area contributed by atoms with Crippen LogP contribution in [0.25, 0.3) is 0 Å². The molecule has 0 aromatic carbocycles. The molecule has 3 nitrogen and oxygen atoms in total. The first-order valence-electron chi connectivity index (χ1n) is 2.88. The molecule has 12 heavy (non-hydrogen) atoms. The minimum absolute atomic E-state index is 0.133. The molecule has 0 amide bonds. The number of hydrogen-bond donors (Lipinski definition) is 0. The van der Waals surface area contributed by atoms with Crippen LogP contribution in [-0.4, -0.2) is 22.8 Å². The van der Waals surface area contributed by atoms with Gasteiger partial charge in [-0.1, -0.05) is 9.39 Å². The van der Waals surface area contributed by atoms with Crippen LogP contribution in [0.3, 0.4) is 0 Å². The highest BCUT2D eigenvalue weighted by molar-refractivity contribution is 5.10. The smallest absolute Gasteiger partial charge is 0.422 e. The molecule has 0 bridgehead atoms. The Hall–Kier alpha value is -1.27. The molecule has 0 saturated carbocycles. The van der Waals surface area contributed by atoms with Crippen LogP contribution in [0.4, 0.5) is 17.7 Å². The highest BCUT2D eigenvalue weighted by Gasteiger charge is 2.28. The standard InChI is InChI=1S/C5H4F4N2O/c6-5(7,8)3-12-4-1-10-11(9)2-4/h1-2H,3H2. The molecule has 1 rings (SSSR count). The first-order chi connectivity index (χ1) is 5.47. The van der Waals surface area contributed by atoms with Crippen LogP contribution in [0, 0.1) is 0 Å². The maximum Gasteiger partial charge on any atom is 0.422 e. The summed E-state index contributed by atoms with van der Waals surface area (Å²) in [7, 11) is 0. The van der Waals surface area contributed by atoms with Gasteiger partial charge in [0.1, 0.15) is 6.20 Å². The number of ether oxygens (including phenoxy) is 1. The molecule has 1 aromatic heterocycles. The van der Waals surface area contributed by atoms with Crippen molar-refractivity contribution in [2.24, 2.45) is 0 Å². The van der Waals surface area contributed by atoms with Crippen LogP contribution in [0.1, 0.15) is 0 Å². The van der Waals surface area contributed by atoms with Crippen LogP contribution in [0.2, 0.25) is 0 Å². The average Bonchev–Trinajstić information content (AvgIpc) is 2.30. The summed E-state index contributed by atoms with van der Waals surface area (Å²) in [5.74, 6) is -0.255. The van der Waals surface area contributed by atoms with Gasteiger partial charge in [0.05, 0.1) is 6.20 Å². The van der Waals surface area contributed by atoms with E-state index >= 15 is 0 Å². The minimum atomic E-state index is -4.42. The van der Waals surface area contributed by atoms with Crippen molar-refractivity contribution >= 4 is 0 Å². The van der Waals surface area contributed by atoms with E-state index < -0.39 is 12.8 Å². The summed E-state index contributed by atoms with van der Waals surface area (Å²) in [6.45, 7) is -1.45. The maximum atomic E-state index is 12.0. The Morgan fingerprint density at radius 3 is 2.58 bits per heavy atom. The lowest BCUT2D eigenvalue weighted by Crippen LogP contribution is -2.18. The van der Waals surface area contributed by atoms with Crippen LogP contribution in [0.15, 0.2) is 12.4 Å². The Balaban J connectivity index is 2.44. The second-order valence-corrected chi connectivity index (χ2v) is 1.97. The number of hydrogen-bond acceptors (Lipinski definition) is 2. The Kier molecular flexibility index (Phi) is 2.20. The fourth-order valence-corrected chi connectivity index (χ4v) is 0.523. The highest BCUT2D eigenvalue weighted by atomic mass is 19.4. The zero-order valence-electron chi connectivity index (χ0n) is 5.68. The summed E-state index contributed by atoms with van der Waals surface area (Å²) in [6, 6.07) is 0. The van der Waals surface area contributed by atoms with E-state index in [0.717, 1.165) is 6.20 Å². The Morgan fingerprint density at radius 1 is 1.50 bits per heavy atom. The van der Waals surface area contributed by atoms with Crippen molar-refractivity contribution in [1.29, 1.82) is 0 Å². The van der Waals surface area contributed by atoms with E-state index in [1.165, 1.54) is 0 Å². The molecule has 0 aliphatic heterocycles. The molecule has 0 aliphatic carbocycles. The zero-order chi connectivity index (χ0) is 9.19. The molecule has 0 atom stereocenters. The van der Waals surface area contributed by atoms with Gasteiger partial charge < -0.3 is 4.74 Å². The van der Waals surface area contributed by atoms with E-state index in [4.69, 9.17) is 0 Å². The molecule has 1 heterocycles. The molecule has 1 aromatic rings. The lowest BCUT2D eigenvalue weighted by atomic mass is 10.6. The summed E-state index contributed by atoms with van der Waals surface area (Å²) in [6.07, 6.45) is -2.87. The predicted octanol–water partition coefficient (Wildman–Crippen LogP) is 1.56. The molecular weight excluding hydrogens is 180 g/mol. The molecule has 0 fully saturated rings. The molecule has 7 heteroatoms. The van der Waals surface area contributed by atoms with Gasteiger partial charge in [-0.05, 0) is 0 Å². The van der Waals surface area contributed by atoms with E-state index in [9.17, 15) is 17.7 Å². The lowest BCUT2D eigenvalue weighted by Gasteiger charge is -2.05. The highest BCUT2D eigenvalue weighted by Crippen LogP contribution is 2.17. The third-order valence-corrected chi connectivity index (χ3v) is 0.932. The van der Waals surface area contributed by atoms with E-state index in [0.29, 0.717) is 6.20 Å². The minimum Gasteiger partial charge on any atom is -0.481 e. The molecule has 0 radical (unpaired) electrons. The summed E-state index contributed by atoms with van der Waals surface area (Å²) < 4.78 is 50.6. The maximum absolute atomic E-state index is 12.0. The van der Waals surface area contributed by atoms with Crippen molar-refractivity contribution < 1.29 is 22.4 Å². The second-order valence-electron chi connectivity index (χ2n) is 1.97. The van der Waals surface area contributed by atoms with Gasteiger partial charge in [0.15, 0.2) is 12.4 Å². The van der Waals surface area contributed by atoms with Crippen LogP contribution >= 0.6 is 0 Å². The quantitative estimate of drug-likeness (QED) is 0.652. The second kappa shape index (κ2) is 3.00. The largest absolute Gasteiger partial charge is 0.481 e. The monoisotopic (exact) mass is 184 g/mol. The van der Waals surface area contributed by atoms with Crippen molar-refractivity contribution in [1.82, 2.24) is 10.0 Å². The van der Waals surface area contributed by atoms with Crippen molar-refractivity contribution in [2.45, 2.75) is 6.18 Å². The Morgan fingerprint density at radius 2 is 2.17 bits per heavy atom. The SMILES string of the molecule is Fn1cc(OCC(F)(F)F)cn1. The van der Waals surface area contributed by atoms with E-state index in [2.05, 4.69) is 9.84 Å². The van der Waals surface area contributed by atoms with Gasteiger partial charge in [0.25, 0.3) is 0 Å². The van der Waals surface area contributed by atoms with Crippen molar-refractivity contribution in [3.05, 3.63) is 12.4 Å². The molecule has 0 N–H and O–H groups in total. The summed E-state index contributed by atoms with van der Waals surface area (Å²) in [5, 5.41) is 2.97. The zero-order valence-corrected chi connectivity index (χ0v) is 5.68. The topological polar surface area (TPSA) is 27.1 Å². The van der Waals surface area contributed by atoms with E-state index in [-0.39, 0.29) is 10.7 Å². The van der Waals surface area contributed by atoms with Gasteiger partial charge in [-0.15, -0.1) is 5.10 Å². The lowest BCUT2D eigenvalue weighted by molar-refractivity contribution is -0.153. The van der Waals surface area contributed by atoms with Gasteiger partial charge >= 0.3 is 6.18 Å². The number of rotatable bonds is 2. The van der Waals surface area contributed by atoms with Crippen molar-refractivity contribution in [2.75, 3.05) is 6.61 Å². The summed E-state index contributed by atoms with van der Waals surface area (Å²) >= 11 is 0. The summed E-state index contributed by atoms with van der Waals surface area (Å²) in [4.78, 5) is -0.133. The molecule has 0 spiro atoms. The van der Waals surface area contributed by atoms with Crippen molar-refractivity contribution in [3.63, 3.8) is 0 Å². The Bertz CT molecular complexity index is 256. The van der Waals surface area contributed by atoms with Gasteiger partial charge in [-0.3, -0.25) is 0 Å². The van der Waals surface area contributed by atoms with Crippen LogP contribution in [0.5, 0.6) is 5.75 Å².